The molecule has 0 aromatic heterocycles. The maximum atomic E-state index is 10.5. The Morgan fingerprint density at radius 3 is 2.75 bits per heavy atom. The largest absolute Gasteiger partial charge is 0.481 e. The van der Waals surface area contributed by atoms with E-state index < -0.39 is 5.97 Å². The number of carbonyl (C=O) groups is 1. The molecular weight excluding hydrogens is 319 g/mol. The first-order chi connectivity index (χ1) is 11.4. The Labute approximate surface area is 148 Å². The number of unbranched alkanes of at least 4 members (excludes halogenated alkanes) is 1. The molecule has 0 heterocycles. The first-order valence-corrected chi connectivity index (χ1v) is 11.6. The van der Waals surface area contributed by atoms with Crippen LogP contribution in [0.3, 0.4) is 0 Å². The van der Waals surface area contributed by atoms with Crippen molar-refractivity contribution in [1.82, 2.24) is 0 Å². The fourth-order valence-corrected chi connectivity index (χ4v) is 4.54. The van der Waals surface area contributed by atoms with Gasteiger partial charge in [-0.25, -0.2) is 0 Å². The van der Waals surface area contributed by atoms with Crippen molar-refractivity contribution in [3.8, 4) is 0 Å². The van der Waals surface area contributed by atoms with Crippen LogP contribution in [0.1, 0.15) is 64.7 Å². The monoisotopic (exact) mass is 355 g/mol. The lowest BCUT2D eigenvalue weighted by Crippen LogP contribution is -2.19. The lowest BCUT2D eigenvalue weighted by Gasteiger charge is -2.22. The van der Waals surface area contributed by atoms with Crippen LogP contribution in [-0.4, -0.2) is 41.4 Å². The van der Waals surface area contributed by atoms with Crippen molar-refractivity contribution in [3.63, 3.8) is 0 Å². The van der Waals surface area contributed by atoms with Crippen molar-refractivity contribution in [2.24, 2.45) is 17.8 Å². The molecule has 138 valence electrons. The third kappa shape index (κ3) is 8.99. The zero-order valence-corrected chi connectivity index (χ0v) is 16.4. The molecule has 0 aromatic rings. The average Bonchev–Trinajstić information content (AvgIpc) is 2.86. The molecule has 0 amide bonds. The van der Waals surface area contributed by atoms with Gasteiger partial charge >= 0.3 is 5.97 Å². The Morgan fingerprint density at radius 1 is 1.33 bits per heavy atom. The van der Waals surface area contributed by atoms with E-state index in [2.05, 4.69) is 32.0 Å². The van der Waals surface area contributed by atoms with Gasteiger partial charge in [0.05, 0.1) is 26.6 Å². The molecule has 0 aliphatic heterocycles. The molecule has 24 heavy (non-hydrogen) atoms. The molecule has 5 atom stereocenters. The fourth-order valence-electron chi connectivity index (χ4n) is 3.66. The average molecular weight is 355 g/mol. The van der Waals surface area contributed by atoms with E-state index in [1.807, 2.05) is 0 Å². The number of carboxylic acids is 1. The van der Waals surface area contributed by atoms with E-state index in [0.717, 1.165) is 31.6 Å². The lowest BCUT2D eigenvalue weighted by molar-refractivity contribution is -0.137. The summed E-state index contributed by atoms with van der Waals surface area (Å²) >= 11 is 0. The van der Waals surface area contributed by atoms with Crippen LogP contribution in [0, 0.1) is 17.8 Å². The summed E-state index contributed by atoms with van der Waals surface area (Å²) in [7, 11) is -0.0234. The number of carboxylic acid groups (broad SMARTS) is 1. The van der Waals surface area contributed by atoms with Gasteiger partial charge in [-0.2, -0.15) is 0 Å². The van der Waals surface area contributed by atoms with Gasteiger partial charge in [0.1, 0.15) is 6.16 Å². The van der Waals surface area contributed by atoms with E-state index in [1.165, 1.54) is 25.4 Å². The fraction of sp³-hybridized carbons (Fsp3) is 0.800. The van der Waals surface area contributed by atoms with Crippen molar-refractivity contribution in [2.75, 3.05) is 12.8 Å². The summed E-state index contributed by atoms with van der Waals surface area (Å²) in [4.78, 5) is 10.5. The third-order valence-corrected chi connectivity index (χ3v) is 6.32. The smallest absolute Gasteiger partial charge is 0.303 e. The molecule has 0 aromatic carbocycles. The standard InChI is InChI=1S/C20H35O3P/c1-16(14-15-24(2)3)10-11-17-12-13-19(21)18(17)8-6-4-5-7-9-20(22)23/h4,6,16-19,21H,2,5,7-15H2,1,3H3/p+1/b6-4-. The molecule has 1 rings (SSSR count). The van der Waals surface area contributed by atoms with Crippen molar-refractivity contribution in [1.29, 1.82) is 0 Å². The summed E-state index contributed by atoms with van der Waals surface area (Å²) in [5, 5.41) is 18.9. The van der Waals surface area contributed by atoms with Gasteiger partial charge in [0.15, 0.2) is 0 Å². The predicted octanol–water partition coefficient (Wildman–Crippen LogP) is 4.92. The molecule has 4 heteroatoms. The van der Waals surface area contributed by atoms with Crippen LogP contribution in [0.4, 0.5) is 0 Å². The topological polar surface area (TPSA) is 57.5 Å². The third-order valence-electron chi connectivity index (χ3n) is 5.30. The SMILES string of the molecule is C=[P+](C)CCC(C)CCC1CCC(O)C1C/C=C\CCCC(=O)O. The maximum absolute atomic E-state index is 10.5. The molecule has 0 radical (unpaired) electrons. The van der Waals surface area contributed by atoms with Gasteiger partial charge in [-0.3, -0.25) is 4.79 Å². The minimum Gasteiger partial charge on any atom is -0.481 e. The first kappa shape index (κ1) is 21.4. The van der Waals surface area contributed by atoms with Gasteiger partial charge < -0.3 is 10.2 Å². The van der Waals surface area contributed by atoms with Gasteiger partial charge in [0.25, 0.3) is 0 Å². The molecule has 1 saturated carbocycles. The highest BCUT2D eigenvalue weighted by atomic mass is 31.1. The Hall–Kier alpha value is -0.660. The van der Waals surface area contributed by atoms with Crippen LogP contribution in [0.25, 0.3) is 0 Å². The van der Waals surface area contributed by atoms with E-state index >= 15 is 0 Å². The van der Waals surface area contributed by atoms with Gasteiger partial charge in [0.2, 0.25) is 0 Å². The predicted molar refractivity (Wildman–Crippen MR) is 105 cm³/mol. The Balaban J connectivity index is 2.29. The summed E-state index contributed by atoms with van der Waals surface area (Å²) in [6, 6.07) is 0. The highest BCUT2D eigenvalue weighted by molar-refractivity contribution is 7.54. The second-order valence-corrected chi connectivity index (χ2v) is 9.77. The van der Waals surface area contributed by atoms with E-state index in [4.69, 9.17) is 5.11 Å². The zero-order valence-electron chi connectivity index (χ0n) is 15.5. The second kappa shape index (κ2) is 11.8. The van der Waals surface area contributed by atoms with E-state index in [-0.39, 0.29) is 20.1 Å². The van der Waals surface area contributed by atoms with E-state index in [1.54, 1.807) is 0 Å². The van der Waals surface area contributed by atoms with E-state index in [9.17, 15) is 9.90 Å². The van der Waals surface area contributed by atoms with Crippen LogP contribution in [-0.2, 0) is 4.79 Å². The van der Waals surface area contributed by atoms with Crippen LogP contribution in [0.2, 0.25) is 0 Å². The van der Waals surface area contributed by atoms with Crippen LogP contribution in [0.5, 0.6) is 0 Å². The number of hydrogen-bond acceptors (Lipinski definition) is 2. The van der Waals surface area contributed by atoms with Crippen LogP contribution < -0.4 is 0 Å². The number of aliphatic hydroxyl groups excluding tert-OH is 1. The molecule has 0 spiro atoms. The summed E-state index contributed by atoms with van der Waals surface area (Å²) < 4.78 is 0. The van der Waals surface area contributed by atoms with Crippen molar-refractivity contribution in [3.05, 3.63) is 12.2 Å². The van der Waals surface area contributed by atoms with Crippen LogP contribution in [0.15, 0.2) is 12.2 Å². The zero-order chi connectivity index (χ0) is 17.9. The van der Waals surface area contributed by atoms with Crippen LogP contribution >= 0.6 is 7.55 Å². The lowest BCUT2D eigenvalue weighted by atomic mass is 9.85. The molecule has 1 aliphatic rings. The minimum atomic E-state index is -0.724. The molecular formula is C20H36O3P+. The number of aliphatic carboxylic acids is 1. The number of aliphatic hydroxyl groups is 1. The summed E-state index contributed by atoms with van der Waals surface area (Å²) in [5.41, 5.74) is 0. The van der Waals surface area contributed by atoms with Gasteiger partial charge in [-0.1, -0.05) is 25.5 Å². The van der Waals surface area contributed by atoms with E-state index in [0.29, 0.717) is 18.3 Å². The number of rotatable bonds is 12. The Kier molecular flexibility index (Phi) is 10.5. The highest BCUT2D eigenvalue weighted by Crippen LogP contribution is 2.38. The maximum Gasteiger partial charge on any atom is 0.303 e. The number of allylic oxidation sites excluding steroid dienone is 2. The molecule has 5 unspecified atom stereocenters. The molecule has 0 saturated heterocycles. The van der Waals surface area contributed by atoms with Gasteiger partial charge in [-0.15, -0.1) is 0 Å². The first-order valence-electron chi connectivity index (χ1n) is 9.46. The summed E-state index contributed by atoms with van der Waals surface area (Å²) in [6.07, 6.45) is 18.1. The number of hydrogen-bond donors (Lipinski definition) is 2. The Morgan fingerprint density at radius 2 is 2.08 bits per heavy atom. The van der Waals surface area contributed by atoms with Gasteiger partial charge in [0, 0.05) is 6.42 Å². The normalized spacial score (nSPS) is 26.0. The van der Waals surface area contributed by atoms with Crippen molar-refractivity contribution in [2.45, 2.75) is 70.8 Å². The molecule has 1 aliphatic carbocycles. The minimum absolute atomic E-state index is 0.0234. The van der Waals surface area contributed by atoms with Crippen molar-refractivity contribution < 1.29 is 15.0 Å². The highest BCUT2D eigenvalue weighted by Gasteiger charge is 2.33. The molecule has 2 N–H and O–H groups in total. The second-order valence-electron chi connectivity index (χ2n) is 7.61. The van der Waals surface area contributed by atoms with Crippen molar-refractivity contribution >= 4 is 19.8 Å². The molecule has 0 bridgehead atoms. The Bertz CT molecular complexity index is 419. The summed E-state index contributed by atoms with van der Waals surface area (Å²) in [5.74, 6) is 1.08. The molecule has 3 nitrogen and oxygen atoms in total. The molecule has 1 fully saturated rings. The van der Waals surface area contributed by atoms with Gasteiger partial charge in [-0.05, 0) is 62.7 Å². The quantitative estimate of drug-likeness (QED) is 0.297. The summed E-state index contributed by atoms with van der Waals surface area (Å²) in [6.45, 7) is 4.59.